The summed E-state index contributed by atoms with van der Waals surface area (Å²) in [7, 11) is -3.02. The Morgan fingerprint density at radius 1 is 1.53 bits per heavy atom. The van der Waals surface area contributed by atoms with Gasteiger partial charge in [-0.2, -0.15) is 13.2 Å². The zero-order chi connectivity index (χ0) is 13.3. The van der Waals surface area contributed by atoms with Gasteiger partial charge in [-0.05, 0) is 15.9 Å². The van der Waals surface area contributed by atoms with Crippen LogP contribution in [0.15, 0.2) is 9.63 Å². The van der Waals surface area contributed by atoms with Gasteiger partial charge in [0.15, 0.2) is 11.2 Å². The maximum Gasteiger partial charge on any atom is 0.413 e. The lowest BCUT2D eigenvalue weighted by Crippen LogP contribution is -2.31. The highest BCUT2D eigenvalue weighted by atomic mass is 79.9. The number of aromatic nitrogens is 3. The van der Waals surface area contributed by atoms with Crippen LogP contribution in [0.5, 0.6) is 0 Å². The predicted molar refractivity (Wildman–Crippen MR) is 51.0 cm³/mol. The third-order valence-corrected chi connectivity index (χ3v) is 3.50. The average molecular weight is 339 g/mol. The summed E-state index contributed by atoms with van der Waals surface area (Å²) >= 11 is 2.79. The Bertz CT molecular complexity index is 479. The van der Waals surface area contributed by atoms with Gasteiger partial charge in [0.2, 0.25) is 5.03 Å². The molecule has 0 atom stereocenters. The molecule has 0 aliphatic rings. The van der Waals surface area contributed by atoms with Crippen LogP contribution in [0, 0.1) is 0 Å². The summed E-state index contributed by atoms with van der Waals surface area (Å²) in [4.78, 5) is 5.16. The van der Waals surface area contributed by atoms with Crippen molar-refractivity contribution < 1.29 is 26.4 Å². The number of hydrogen-bond acceptors (Lipinski definition) is 5. The van der Waals surface area contributed by atoms with Gasteiger partial charge >= 0.3 is 6.18 Å². The molecule has 12 heteroatoms. The lowest BCUT2D eigenvalue weighted by atomic mass is 10.7. The quantitative estimate of drug-likeness (QED) is 0.800. The van der Waals surface area contributed by atoms with Gasteiger partial charge in [-0.1, -0.05) is 10.1 Å². The lowest BCUT2D eigenvalue weighted by Gasteiger charge is -2.08. The number of alkyl halides is 3. The summed E-state index contributed by atoms with van der Waals surface area (Å²) in [6.07, 6.45) is -4.63. The van der Waals surface area contributed by atoms with Crippen LogP contribution in [-0.4, -0.2) is 36.2 Å². The van der Waals surface area contributed by atoms with Crippen LogP contribution in [0.4, 0.5) is 13.2 Å². The fourth-order valence-corrected chi connectivity index (χ4v) is 2.74. The highest BCUT2D eigenvalue weighted by molar-refractivity contribution is 9.10. The molecule has 0 fully saturated rings. The van der Waals surface area contributed by atoms with E-state index in [1.54, 1.807) is 0 Å². The first kappa shape index (κ1) is 14.3. The van der Waals surface area contributed by atoms with E-state index in [1.165, 1.54) is 11.9 Å². The Hall–Kier alpha value is -0.720. The van der Waals surface area contributed by atoms with Crippen molar-refractivity contribution in [3.63, 3.8) is 0 Å². The van der Waals surface area contributed by atoms with Crippen LogP contribution < -0.4 is 4.89 Å². The van der Waals surface area contributed by atoms with Gasteiger partial charge in [-0.25, -0.2) is 13.1 Å². The second-order valence-corrected chi connectivity index (χ2v) is 5.11. The molecule has 98 valence electrons. The van der Waals surface area contributed by atoms with Crippen LogP contribution in [0.1, 0.15) is 0 Å². The molecule has 1 aromatic rings. The van der Waals surface area contributed by atoms with Gasteiger partial charge in [0.25, 0.3) is 10.0 Å². The van der Waals surface area contributed by atoms with Gasteiger partial charge in [0.1, 0.15) is 0 Å². The van der Waals surface area contributed by atoms with Crippen molar-refractivity contribution in [1.29, 1.82) is 0 Å². The molecule has 0 aliphatic carbocycles. The zero-order valence-electron chi connectivity index (χ0n) is 8.19. The van der Waals surface area contributed by atoms with E-state index in [4.69, 9.17) is 0 Å². The molecular weight excluding hydrogens is 333 g/mol. The molecule has 17 heavy (non-hydrogen) atoms. The van der Waals surface area contributed by atoms with Crippen LogP contribution >= 0.6 is 15.9 Å². The summed E-state index contributed by atoms with van der Waals surface area (Å²) in [5.41, 5.74) is 0. The number of nitrogens with one attached hydrogen (secondary N) is 1. The van der Waals surface area contributed by atoms with Crippen LogP contribution in [-0.2, 0) is 21.9 Å². The van der Waals surface area contributed by atoms with Crippen molar-refractivity contribution in [1.82, 2.24) is 19.9 Å². The standard InChI is InChI=1S/C5H6BrF3N4O3S/c1-13-4(3(6)10-11-13)17(14,15)12-16-2-5(7,8)9/h12H,2H2,1H3. The Balaban J connectivity index is 2.77. The number of halogens is 4. The van der Waals surface area contributed by atoms with Crippen molar-refractivity contribution >= 4 is 26.0 Å². The molecule has 0 saturated carbocycles. The first-order valence-corrected chi connectivity index (χ1v) is 6.16. The second kappa shape index (κ2) is 4.88. The maximum absolute atomic E-state index is 11.7. The third kappa shape index (κ3) is 3.90. The van der Waals surface area contributed by atoms with Crippen LogP contribution in [0.3, 0.4) is 0 Å². The van der Waals surface area contributed by atoms with Crippen molar-refractivity contribution in [3.05, 3.63) is 4.60 Å². The van der Waals surface area contributed by atoms with E-state index in [9.17, 15) is 21.6 Å². The van der Waals surface area contributed by atoms with E-state index < -0.39 is 27.8 Å². The molecule has 0 spiro atoms. The molecule has 1 N–H and O–H groups in total. The number of rotatable bonds is 4. The minimum atomic E-state index is -4.63. The van der Waals surface area contributed by atoms with Gasteiger partial charge in [0.05, 0.1) is 0 Å². The van der Waals surface area contributed by atoms with E-state index in [1.807, 2.05) is 0 Å². The number of nitrogens with zero attached hydrogens (tertiary/aromatic N) is 3. The Kier molecular flexibility index (Phi) is 4.11. The SMILES string of the molecule is Cn1nnc(Br)c1S(=O)(=O)NOCC(F)(F)F. The Morgan fingerprint density at radius 3 is 2.53 bits per heavy atom. The smallest absolute Gasteiger partial charge is 0.277 e. The molecular formula is C5H6BrF3N4O3S. The first-order chi connectivity index (χ1) is 7.63. The van der Waals surface area contributed by atoms with Crippen molar-refractivity contribution in [2.45, 2.75) is 11.2 Å². The molecule has 1 aromatic heterocycles. The Morgan fingerprint density at radius 2 is 2.12 bits per heavy atom. The van der Waals surface area contributed by atoms with Gasteiger partial charge in [0, 0.05) is 7.05 Å². The topological polar surface area (TPSA) is 86.1 Å². The third-order valence-electron chi connectivity index (χ3n) is 1.40. The molecule has 0 bridgehead atoms. The lowest BCUT2D eigenvalue weighted by molar-refractivity contribution is -0.181. The number of aryl methyl sites for hydroxylation is 1. The summed E-state index contributed by atoms with van der Waals surface area (Å²) in [5.74, 6) is 0. The summed E-state index contributed by atoms with van der Waals surface area (Å²) in [5, 5.41) is 6.29. The fourth-order valence-electron chi connectivity index (χ4n) is 0.836. The first-order valence-electron chi connectivity index (χ1n) is 3.89. The van der Waals surface area contributed by atoms with Gasteiger partial charge in [-0.15, -0.1) is 5.10 Å². The van der Waals surface area contributed by atoms with Crippen LogP contribution in [0.2, 0.25) is 0 Å². The zero-order valence-corrected chi connectivity index (χ0v) is 10.6. The van der Waals surface area contributed by atoms with E-state index in [0.717, 1.165) is 4.68 Å². The fraction of sp³-hybridized carbons (Fsp3) is 0.600. The van der Waals surface area contributed by atoms with E-state index in [-0.39, 0.29) is 4.60 Å². The molecule has 0 amide bonds. The maximum atomic E-state index is 11.7. The summed E-state index contributed by atoms with van der Waals surface area (Å²) in [6.45, 7) is -1.74. The van der Waals surface area contributed by atoms with E-state index >= 15 is 0 Å². The van der Waals surface area contributed by atoms with Gasteiger partial charge < -0.3 is 0 Å². The van der Waals surface area contributed by atoms with Crippen molar-refractivity contribution in [3.8, 4) is 0 Å². The summed E-state index contributed by atoms with van der Waals surface area (Å²) < 4.78 is 58.9. The van der Waals surface area contributed by atoms with E-state index in [2.05, 4.69) is 31.1 Å². The molecule has 1 rings (SSSR count). The monoisotopic (exact) mass is 338 g/mol. The average Bonchev–Trinajstić information content (AvgIpc) is 2.43. The molecule has 7 nitrogen and oxygen atoms in total. The Labute approximate surface area is 102 Å². The molecule has 0 aromatic carbocycles. The van der Waals surface area contributed by atoms with Crippen molar-refractivity contribution in [2.75, 3.05) is 6.61 Å². The second-order valence-electron chi connectivity index (χ2n) is 2.80. The highest BCUT2D eigenvalue weighted by Gasteiger charge is 2.30. The largest absolute Gasteiger partial charge is 0.413 e. The number of sulfonamides is 1. The minimum absolute atomic E-state index is 0.136. The molecule has 0 radical (unpaired) electrons. The molecule has 0 unspecified atom stereocenters. The minimum Gasteiger partial charge on any atom is -0.277 e. The van der Waals surface area contributed by atoms with Gasteiger partial charge in [-0.3, -0.25) is 4.84 Å². The van der Waals surface area contributed by atoms with Crippen LogP contribution in [0.25, 0.3) is 0 Å². The summed E-state index contributed by atoms with van der Waals surface area (Å²) in [6, 6.07) is 0. The normalized spacial score (nSPS) is 13.0. The molecule has 0 saturated heterocycles. The van der Waals surface area contributed by atoms with Crippen molar-refractivity contribution in [2.24, 2.45) is 7.05 Å². The molecule has 0 aliphatic heterocycles. The highest BCUT2D eigenvalue weighted by Crippen LogP contribution is 2.18. The predicted octanol–water partition coefficient (Wildman–Crippen LogP) is 0.350. The van der Waals surface area contributed by atoms with E-state index in [0.29, 0.717) is 0 Å². The number of hydrogen-bond donors (Lipinski definition) is 1. The molecule has 1 heterocycles.